The molecule has 0 saturated carbocycles. The van der Waals surface area contributed by atoms with Crippen LogP contribution in [0.4, 0.5) is 0 Å². The summed E-state index contributed by atoms with van der Waals surface area (Å²) in [6, 6.07) is 21.5. The van der Waals surface area contributed by atoms with Crippen molar-refractivity contribution in [3.63, 3.8) is 0 Å². The molecule has 2 aromatic carbocycles. The van der Waals surface area contributed by atoms with Crippen molar-refractivity contribution < 1.29 is 0 Å². The van der Waals surface area contributed by atoms with Gasteiger partial charge in [0.1, 0.15) is 0 Å². The lowest BCUT2D eigenvalue weighted by Crippen LogP contribution is -1.95. The van der Waals surface area contributed by atoms with Gasteiger partial charge < -0.3 is 4.57 Å². The van der Waals surface area contributed by atoms with Crippen LogP contribution in [0.15, 0.2) is 65.7 Å². The van der Waals surface area contributed by atoms with Gasteiger partial charge in [0.2, 0.25) is 0 Å². The number of fused-ring (bicyclic) bond motifs is 1. The van der Waals surface area contributed by atoms with Crippen molar-refractivity contribution >= 4 is 22.7 Å². The topological polar surface area (TPSA) is 4.93 Å². The number of nitrogens with zero attached hydrogens (tertiary/aromatic N) is 1. The first-order valence-corrected chi connectivity index (χ1v) is 7.67. The van der Waals surface area contributed by atoms with Crippen molar-refractivity contribution in [1.29, 1.82) is 0 Å². The van der Waals surface area contributed by atoms with Gasteiger partial charge in [-0.05, 0) is 36.4 Å². The second kappa shape index (κ2) is 5.54. The third kappa shape index (κ3) is 2.41. The molecule has 0 aliphatic heterocycles. The highest BCUT2D eigenvalue weighted by atomic mass is 32.2. The lowest BCUT2D eigenvalue weighted by atomic mass is 10.2. The average molecular weight is 267 g/mol. The van der Waals surface area contributed by atoms with E-state index < -0.39 is 0 Å². The third-order valence-electron chi connectivity index (χ3n) is 3.15. The molecule has 3 rings (SSSR count). The second-order valence-electron chi connectivity index (χ2n) is 4.56. The molecule has 0 saturated heterocycles. The number of hydrogen-bond donors (Lipinski definition) is 0. The molecule has 0 unspecified atom stereocenters. The minimum absolute atomic E-state index is 1.16. The van der Waals surface area contributed by atoms with E-state index in [0.717, 1.165) is 5.75 Å². The summed E-state index contributed by atoms with van der Waals surface area (Å²) in [5.41, 5.74) is 2.52. The van der Waals surface area contributed by atoms with Crippen LogP contribution >= 0.6 is 11.8 Å². The molecule has 3 aromatic rings. The fraction of sp³-hybridized carbons (Fsp3) is 0.176. The SMILES string of the molecule is CCCSc1cc2ccccc2n1-c1ccccc1. The largest absolute Gasteiger partial charge is 0.304 e. The van der Waals surface area contributed by atoms with Gasteiger partial charge in [0.05, 0.1) is 10.5 Å². The van der Waals surface area contributed by atoms with E-state index in [2.05, 4.69) is 72.2 Å². The molecule has 96 valence electrons. The number of aromatic nitrogens is 1. The fourth-order valence-corrected chi connectivity index (χ4v) is 3.24. The van der Waals surface area contributed by atoms with E-state index in [1.54, 1.807) is 0 Å². The number of rotatable bonds is 4. The quantitative estimate of drug-likeness (QED) is 0.593. The highest BCUT2D eigenvalue weighted by Gasteiger charge is 2.09. The van der Waals surface area contributed by atoms with E-state index >= 15 is 0 Å². The van der Waals surface area contributed by atoms with Crippen LogP contribution in [-0.4, -0.2) is 10.3 Å². The van der Waals surface area contributed by atoms with Gasteiger partial charge in [-0.2, -0.15) is 0 Å². The van der Waals surface area contributed by atoms with Crippen molar-refractivity contribution in [2.24, 2.45) is 0 Å². The summed E-state index contributed by atoms with van der Waals surface area (Å²) in [6.07, 6.45) is 1.20. The van der Waals surface area contributed by atoms with Crippen LogP contribution in [0.1, 0.15) is 13.3 Å². The summed E-state index contributed by atoms with van der Waals surface area (Å²) < 4.78 is 2.36. The Morgan fingerprint density at radius 2 is 1.68 bits per heavy atom. The van der Waals surface area contributed by atoms with Crippen molar-refractivity contribution in [2.75, 3.05) is 5.75 Å². The molecule has 2 heteroatoms. The summed E-state index contributed by atoms with van der Waals surface area (Å²) in [6.45, 7) is 2.22. The first-order chi connectivity index (χ1) is 9.40. The van der Waals surface area contributed by atoms with Gasteiger partial charge in [-0.25, -0.2) is 0 Å². The van der Waals surface area contributed by atoms with Crippen LogP contribution in [-0.2, 0) is 0 Å². The lowest BCUT2D eigenvalue weighted by molar-refractivity contribution is 0.985. The van der Waals surface area contributed by atoms with Crippen LogP contribution in [0, 0.1) is 0 Å². The van der Waals surface area contributed by atoms with Crippen LogP contribution in [0.2, 0.25) is 0 Å². The van der Waals surface area contributed by atoms with Gasteiger partial charge in [-0.1, -0.05) is 43.3 Å². The predicted molar refractivity (Wildman–Crippen MR) is 84.3 cm³/mol. The molecule has 1 nitrogen and oxygen atoms in total. The van der Waals surface area contributed by atoms with Gasteiger partial charge in [0.25, 0.3) is 0 Å². The maximum absolute atomic E-state index is 2.36. The summed E-state index contributed by atoms with van der Waals surface area (Å²) in [4.78, 5) is 0. The van der Waals surface area contributed by atoms with E-state index in [-0.39, 0.29) is 0 Å². The summed E-state index contributed by atoms with van der Waals surface area (Å²) in [5.74, 6) is 1.16. The van der Waals surface area contributed by atoms with Gasteiger partial charge in [0, 0.05) is 11.1 Å². The van der Waals surface area contributed by atoms with E-state index in [1.807, 2.05) is 11.8 Å². The first kappa shape index (κ1) is 12.4. The minimum atomic E-state index is 1.16. The smallest absolute Gasteiger partial charge is 0.0805 e. The van der Waals surface area contributed by atoms with E-state index in [4.69, 9.17) is 0 Å². The average Bonchev–Trinajstić information content (AvgIpc) is 2.84. The zero-order valence-corrected chi connectivity index (χ0v) is 11.9. The molecule has 0 aliphatic rings. The van der Waals surface area contributed by atoms with Gasteiger partial charge in [-0.3, -0.25) is 0 Å². The highest BCUT2D eigenvalue weighted by Crippen LogP contribution is 2.31. The fourth-order valence-electron chi connectivity index (χ4n) is 2.29. The Balaban J connectivity index is 2.19. The zero-order valence-electron chi connectivity index (χ0n) is 11.0. The van der Waals surface area contributed by atoms with Gasteiger partial charge >= 0.3 is 0 Å². The van der Waals surface area contributed by atoms with E-state index in [0.29, 0.717) is 0 Å². The Morgan fingerprint density at radius 3 is 2.47 bits per heavy atom. The monoisotopic (exact) mass is 267 g/mol. The van der Waals surface area contributed by atoms with Crippen molar-refractivity contribution in [2.45, 2.75) is 18.4 Å². The van der Waals surface area contributed by atoms with Crippen LogP contribution in [0.5, 0.6) is 0 Å². The maximum Gasteiger partial charge on any atom is 0.0805 e. The number of para-hydroxylation sites is 2. The zero-order chi connectivity index (χ0) is 13.1. The Labute approximate surface area is 118 Å². The molecule has 1 aromatic heterocycles. The number of hydrogen-bond acceptors (Lipinski definition) is 1. The first-order valence-electron chi connectivity index (χ1n) is 6.69. The predicted octanol–water partition coefficient (Wildman–Crippen LogP) is 5.13. The Bertz CT molecular complexity index is 670. The summed E-state index contributed by atoms with van der Waals surface area (Å²) in [7, 11) is 0. The standard InChI is InChI=1S/C17H17NS/c1-2-12-19-17-13-14-8-6-7-11-16(14)18(17)15-9-4-3-5-10-15/h3-11,13H,2,12H2,1H3. The van der Waals surface area contributed by atoms with Crippen LogP contribution in [0.3, 0.4) is 0 Å². The molecule has 0 atom stereocenters. The summed E-state index contributed by atoms with van der Waals surface area (Å²) in [5, 5.41) is 2.64. The Hall–Kier alpha value is -1.67. The number of thioether (sulfide) groups is 1. The van der Waals surface area contributed by atoms with Crippen LogP contribution < -0.4 is 0 Å². The minimum Gasteiger partial charge on any atom is -0.304 e. The second-order valence-corrected chi connectivity index (χ2v) is 5.68. The molecule has 19 heavy (non-hydrogen) atoms. The molecular weight excluding hydrogens is 250 g/mol. The van der Waals surface area contributed by atoms with Gasteiger partial charge in [0.15, 0.2) is 0 Å². The molecule has 0 amide bonds. The Morgan fingerprint density at radius 1 is 0.947 bits per heavy atom. The molecule has 0 bridgehead atoms. The van der Waals surface area contributed by atoms with Crippen molar-refractivity contribution in [1.82, 2.24) is 4.57 Å². The van der Waals surface area contributed by atoms with E-state index in [1.165, 1.54) is 28.0 Å². The molecule has 0 N–H and O–H groups in total. The normalized spacial score (nSPS) is 11.0. The molecular formula is C17H17NS. The molecule has 0 spiro atoms. The van der Waals surface area contributed by atoms with Crippen molar-refractivity contribution in [3.05, 3.63) is 60.7 Å². The molecule has 0 aliphatic carbocycles. The maximum atomic E-state index is 2.36. The molecule has 0 fully saturated rings. The van der Waals surface area contributed by atoms with Crippen LogP contribution in [0.25, 0.3) is 16.6 Å². The van der Waals surface area contributed by atoms with Crippen molar-refractivity contribution in [3.8, 4) is 5.69 Å². The molecule has 1 heterocycles. The highest BCUT2D eigenvalue weighted by molar-refractivity contribution is 7.99. The third-order valence-corrected chi connectivity index (χ3v) is 4.35. The van der Waals surface area contributed by atoms with E-state index in [9.17, 15) is 0 Å². The Kier molecular flexibility index (Phi) is 3.60. The lowest BCUT2D eigenvalue weighted by Gasteiger charge is -2.10. The van der Waals surface area contributed by atoms with Gasteiger partial charge in [-0.15, -0.1) is 11.8 Å². The molecule has 0 radical (unpaired) electrons. The number of benzene rings is 2. The summed E-state index contributed by atoms with van der Waals surface area (Å²) >= 11 is 1.93.